The monoisotopic (exact) mass is 466 g/mol. The van der Waals surface area contributed by atoms with E-state index in [-0.39, 0.29) is 11.3 Å². The molecule has 1 unspecified atom stereocenters. The summed E-state index contributed by atoms with van der Waals surface area (Å²) in [5, 5.41) is 0.611. The molecule has 3 aromatic rings. The fraction of sp³-hybridized carbons (Fsp3) is 0.409. The molecule has 2 heterocycles. The van der Waals surface area contributed by atoms with Gasteiger partial charge in [-0.2, -0.15) is 13.2 Å². The minimum absolute atomic E-state index is 0.0338. The van der Waals surface area contributed by atoms with Crippen LogP contribution in [-0.4, -0.2) is 25.3 Å². The first-order valence-corrected chi connectivity index (χ1v) is 12.7. The lowest BCUT2D eigenvalue weighted by Gasteiger charge is -2.25. The number of thiazole rings is 1. The molecule has 0 N–H and O–H groups in total. The predicted molar refractivity (Wildman–Crippen MR) is 116 cm³/mol. The minimum atomic E-state index is -4.29. The van der Waals surface area contributed by atoms with Gasteiger partial charge in [-0.25, -0.2) is 13.4 Å². The zero-order chi connectivity index (χ0) is 22.0. The van der Waals surface area contributed by atoms with Crippen molar-refractivity contribution in [1.29, 1.82) is 0 Å². The molecule has 1 aromatic heterocycles. The zero-order valence-corrected chi connectivity index (χ0v) is 18.4. The summed E-state index contributed by atoms with van der Waals surface area (Å²) in [7, 11) is -3.54. The first-order chi connectivity index (χ1) is 14.6. The van der Waals surface area contributed by atoms with E-state index < -0.39 is 28.7 Å². The van der Waals surface area contributed by atoms with Crippen LogP contribution < -0.4 is 4.31 Å². The smallest absolute Gasteiger partial charge is 0.260 e. The summed E-state index contributed by atoms with van der Waals surface area (Å²) >= 11 is 1.35. The number of hydrogen-bond acceptors (Lipinski definition) is 4. The zero-order valence-electron chi connectivity index (χ0n) is 16.8. The van der Waals surface area contributed by atoms with Gasteiger partial charge in [0.15, 0.2) is 0 Å². The number of aromatic nitrogens is 1. The average Bonchev–Trinajstić information content (AvgIpc) is 3.34. The van der Waals surface area contributed by atoms with E-state index in [1.165, 1.54) is 33.3 Å². The van der Waals surface area contributed by atoms with Crippen molar-refractivity contribution < 1.29 is 21.6 Å². The first kappa shape index (κ1) is 20.8. The van der Waals surface area contributed by atoms with Crippen LogP contribution in [0, 0.1) is 0 Å². The highest BCUT2D eigenvalue weighted by Crippen LogP contribution is 2.47. The van der Waals surface area contributed by atoms with Crippen LogP contribution in [0.25, 0.3) is 10.2 Å². The van der Waals surface area contributed by atoms with Crippen molar-refractivity contribution in [3.8, 4) is 0 Å². The summed E-state index contributed by atoms with van der Waals surface area (Å²) in [5.74, 6) is 0.531. The van der Waals surface area contributed by atoms with Gasteiger partial charge in [0.25, 0.3) is 0 Å². The molecule has 1 atom stereocenters. The van der Waals surface area contributed by atoms with E-state index in [1.54, 1.807) is 13.0 Å². The molecule has 31 heavy (non-hydrogen) atoms. The van der Waals surface area contributed by atoms with Crippen LogP contribution in [0.5, 0.6) is 0 Å². The normalized spacial score (nSPS) is 19.2. The number of hydrogen-bond donors (Lipinski definition) is 0. The van der Waals surface area contributed by atoms with Gasteiger partial charge in [0, 0.05) is 6.42 Å². The lowest BCUT2D eigenvalue weighted by molar-refractivity contribution is -0.127. The van der Waals surface area contributed by atoms with Crippen LogP contribution in [-0.2, 0) is 22.9 Å². The Bertz CT molecular complexity index is 1260. The van der Waals surface area contributed by atoms with Crippen molar-refractivity contribution in [1.82, 2.24) is 4.98 Å². The summed E-state index contributed by atoms with van der Waals surface area (Å²) in [4.78, 5) is 4.58. The molecular weight excluding hydrogens is 445 g/mol. The number of benzene rings is 2. The maximum atomic E-state index is 13.0. The fourth-order valence-electron chi connectivity index (χ4n) is 4.26. The largest absolute Gasteiger partial charge is 0.393 e. The van der Waals surface area contributed by atoms with Crippen molar-refractivity contribution in [2.75, 3.05) is 10.1 Å². The summed E-state index contributed by atoms with van der Waals surface area (Å²) in [6.07, 6.45) is -2.45. The number of anilines is 1. The van der Waals surface area contributed by atoms with E-state index in [0.29, 0.717) is 28.6 Å². The fourth-order valence-corrected chi connectivity index (χ4v) is 6.68. The quantitative estimate of drug-likeness (QED) is 0.482. The first-order valence-electron chi connectivity index (χ1n) is 10.3. The molecular formula is C22H21F3N2O2S2. The van der Waals surface area contributed by atoms with Crippen LogP contribution in [0.4, 0.5) is 18.9 Å². The van der Waals surface area contributed by atoms with Crippen LogP contribution in [0.15, 0.2) is 36.4 Å². The molecule has 0 radical (unpaired) electrons. The van der Waals surface area contributed by atoms with Gasteiger partial charge in [-0.15, -0.1) is 11.3 Å². The third-order valence-corrected chi connectivity index (χ3v) is 8.83. The maximum absolute atomic E-state index is 13.0. The van der Waals surface area contributed by atoms with Gasteiger partial charge >= 0.3 is 6.18 Å². The molecule has 1 saturated carbocycles. The second kappa shape index (κ2) is 7.20. The van der Waals surface area contributed by atoms with Gasteiger partial charge < -0.3 is 0 Å². The van der Waals surface area contributed by atoms with Crippen molar-refractivity contribution in [2.45, 2.75) is 50.7 Å². The van der Waals surface area contributed by atoms with Gasteiger partial charge in [0.1, 0.15) is 11.0 Å². The number of sulfonamides is 1. The van der Waals surface area contributed by atoms with E-state index in [4.69, 9.17) is 0 Å². The van der Waals surface area contributed by atoms with E-state index in [1.807, 2.05) is 12.1 Å². The number of rotatable bonds is 5. The Morgan fingerprint density at radius 3 is 2.61 bits per heavy atom. The highest BCUT2D eigenvalue weighted by Gasteiger charge is 2.40. The van der Waals surface area contributed by atoms with Crippen molar-refractivity contribution in [2.24, 2.45) is 0 Å². The highest BCUT2D eigenvalue weighted by atomic mass is 32.2. The Kier molecular flexibility index (Phi) is 4.82. The molecule has 0 spiro atoms. The third kappa shape index (κ3) is 3.93. The molecule has 1 aliphatic carbocycles. The van der Waals surface area contributed by atoms with Crippen LogP contribution in [0.1, 0.15) is 53.4 Å². The van der Waals surface area contributed by atoms with Crippen molar-refractivity contribution >= 4 is 37.3 Å². The number of halogens is 3. The Morgan fingerprint density at radius 1 is 1.16 bits per heavy atom. The van der Waals surface area contributed by atoms with Gasteiger partial charge in [-0.05, 0) is 60.6 Å². The summed E-state index contributed by atoms with van der Waals surface area (Å²) in [5.41, 5.74) is 3.55. The van der Waals surface area contributed by atoms with Crippen LogP contribution in [0.2, 0.25) is 0 Å². The molecule has 1 aliphatic heterocycles. The SMILES string of the molecule is CCS(=O)(=O)N1c2ccc(C3CC3)cc2CC1c1nc2cc(CC(F)(F)F)ccc2s1. The third-order valence-electron chi connectivity index (χ3n) is 5.91. The predicted octanol–water partition coefficient (Wildman–Crippen LogP) is 5.73. The molecule has 2 aliphatic rings. The number of fused-ring (bicyclic) bond motifs is 2. The molecule has 2 aromatic carbocycles. The summed E-state index contributed by atoms with van der Waals surface area (Å²) in [6.45, 7) is 1.62. The molecule has 0 saturated heterocycles. The van der Waals surface area contributed by atoms with E-state index >= 15 is 0 Å². The summed E-state index contributed by atoms with van der Waals surface area (Å²) < 4.78 is 66.5. The molecule has 0 bridgehead atoms. The average molecular weight is 467 g/mol. The summed E-state index contributed by atoms with van der Waals surface area (Å²) in [6, 6.07) is 10.1. The Hall–Kier alpha value is -2.13. The van der Waals surface area contributed by atoms with Crippen LogP contribution >= 0.6 is 11.3 Å². The second-order valence-corrected chi connectivity index (χ2v) is 11.4. The molecule has 9 heteroatoms. The van der Waals surface area contributed by atoms with Crippen molar-refractivity contribution in [3.63, 3.8) is 0 Å². The van der Waals surface area contributed by atoms with Gasteiger partial charge in [-0.3, -0.25) is 4.31 Å². The lowest BCUT2D eigenvalue weighted by Crippen LogP contribution is -2.33. The molecule has 1 fully saturated rings. The van der Waals surface area contributed by atoms with Gasteiger partial charge in [-0.1, -0.05) is 18.2 Å². The van der Waals surface area contributed by atoms with E-state index in [9.17, 15) is 21.6 Å². The van der Waals surface area contributed by atoms with E-state index in [2.05, 4.69) is 11.1 Å². The number of nitrogens with zero attached hydrogens (tertiary/aromatic N) is 2. The standard InChI is InChI=1S/C22H21F3N2O2S2/c1-2-31(28,29)27-18-7-6-15(14-4-5-14)10-16(18)11-19(27)21-26-17-9-13(12-22(23,24)25)3-8-20(17)30-21/h3,6-10,14,19H,2,4-5,11-12H2,1H3. The highest BCUT2D eigenvalue weighted by molar-refractivity contribution is 7.92. The van der Waals surface area contributed by atoms with Gasteiger partial charge in [0.2, 0.25) is 10.0 Å². The molecule has 164 valence electrons. The Morgan fingerprint density at radius 2 is 1.94 bits per heavy atom. The second-order valence-electron chi connectivity index (χ2n) is 8.22. The Labute approximate surface area is 182 Å². The maximum Gasteiger partial charge on any atom is 0.393 e. The van der Waals surface area contributed by atoms with Gasteiger partial charge in [0.05, 0.1) is 28.1 Å². The minimum Gasteiger partial charge on any atom is -0.260 e. The van der Waals surface area contributed by atoms with Crippen molar-refractivity contribution in [3.05, 3.63) is 58.1 Å². The molecule has 4 nitrogen and oxygen atoms in total. The topological polar surface area (TPSA) is 50.3 Å². The van der Waals surface area contributed by atoms with E-state index in [0.717, 1.165) is 23.1 Å². The Balaban J connectivity index is 1.55. The lowest BCUT2D eigenvalue weighted by atomic mass is 10.0. The van der Waals surface area contributed by atoms with Crippen LogP contribution in [0.3, 0.4) is 0 Å². The number of alkyl halides is 3. The molecule has 5 rings (SSSR count). The molecule has 0 amide bonds.